The molecule has 2 rings (SSSR count). The van der Waals surface area contributed by atoms with Crippen molar-refractivity contribution in [2.45, 2.75) is 32.4 Å². The summed E-state index contributed by atoms with van der Waals surface area (Å²) in [7, 11) is 0. The lowest BCUT2D eigenvalue weighted by Gasteiger charge is -2.21. The molecule has 0 fully saturated rings. The zero-order chi connectivity index (χ0) is 8.72. The summed E-state index contributed by atoms with van der Waals surface area (Å²) in [6, 6.07) is 1.06. The molecule has 0 aromatic rings. The summed E-state index contributed by atoms with van der Waals surface area (Å²) in [6.45, 7) is 4.34. The number of carbonyl (C=O) groups excluding carboxylic acids is 1. The van der Waals surface area contributed by atoms with E-state index in [1.807, 2.05) is 0 Å². The van der Waals surface area contributed by atoms with Gasteiger partial charge in [-0.15, -0.1) is 0 Å². The fraction of sp³-hybridized carbons (Fsp3) is 0.500. The molecule has 0 saturated carbocycles. The summed E-state index contributed by atoms with van der Waals surface area (Å²) in [6.07, 6.45) is 5.90. The molecule has 0 saturated heterocycles. The molecule has 1 aliphatic carbocycles. The quantitative estimate of drug-likeness (QED) is 0.587. The van der Waals surface area contributed by atoms with Crippen LogP contribution in [0.1, 0.15) is 20.3 Å². The van der Waals surface area contributed by atoms with Crippen LogP contribution in [0.25, 0.3) is 0 Å². The Balaban J connectivity index is 2.11. The Morgan fingerprint density at radius 1 is 1.67 bits per heavy atom. The molecule has 2 aliphatic rings. The molecule has 0 aromatic carbocycles. The van der Waals surface area contributed by atoms with E-state index in [4.69, 9.17) is 0 Å². The number of carbonyl (C=O) groups is 1. The fourth-order valence-electron chi connectivity index (χ4n) is 1.73. The fourth-order valence-corrected chi connectivity index (χ4v) is 1.73. The van der Waals surface area contributed by atoms with E-state index in [0.717, 1.165) is 6.29 Å². The standard InChI is InChI=1S/C10H13NO/c1-7(2)11-6-8(3-4-12)9-5-10(9)11/h4-7,10H,3H2,1-2H3. The minimum atomic E-state index is 0.528. The second-order valence-electron chi connectivity index (χ2n) is 3.63. The summed E-state index contributed by atoms with van der Waals surface area (Å²) >= 11 is 0. The first-order valence-electron chi connectivity index (χ1n) is 4.38. The first-order valence-corrected chi connectivity index (χ1v) is 4.38. The Labute approximate surface area is 72.6 Å². The molecule has 0 N–H and O–H groups in total. The molecular formula is C10H13NO. The highest BCUT2D eigenvalue weighted by Crippen LogP contribution is 2.41. The van der Waals surface area contributed by atoms with Crippen molar-refractivity contribution in [3.05, 3.63) is 23.4 Å². The molecule has 0 bridgehead atoms. The first-order chi connectivity index (χ1) is 5.74. The van der Waals surface area contributed by atoms with Crippen LogP contribution in [-0.2, 0) is 4.79 Å². The van der Waals surface area contributed by atoms with Gasteiger partial charge in [0.1, 0.15) is 6.29 Å². The van der Waals surface area contributed by atoms with Gasteiger partial charge in [0.15, 0.2) is 0 Å². The average molecular weight is 163 g/mol. The minimum absolute atomic E-state index is 0.528. The highest BCUT2D eigenvalue weighted by molar-refractivity contribution is 5.65. The predicted molar refractivity (Wildman–Crippen MR) is 47.6 cm³/mol. The van der Waals surface area contributed by atoms with Gasteiger partial charge in [-0.2, -0.15) is 0 Å². The number of hydrogen-bond donors (Lipinski definition) is 0. The van der Waals surface area contributed by atoms with Crippen LogP contribution < -0.4 is 0 Å². The molecule has 0 amide bonds. The maximum Gasteiger partial charge on any atom is 0.124 e. The summed E-state index contributed by atoms with van der Waals surface area (Å²) in [4.78, 5) is 12.6. The first kappa shape index (κ1) is 7.59. The normalized spacial score (nSPS) is 25.2. The molecule has 1 aliphatic heterocycles. The van der Waals surface area contributed by atoms with E-state index in [-0.39, 0.29) is 0 Å². The Kier molecular flexibility index (Phi) is 1.56. The van der Waals surface area contributed by atoms with Gasteiger partial charge >= 0.3 is 0 Å². The third-order valence-corrected chi connectivity index (χ3v) is 2.44. The second-order valence-corrected chi connectivity index (χ2v) is 3.63. The lowest BCUT2D eigenvalue weighted by molar-refractivity contribution is -0.107. The molecule has 1 unspecified atom stereocenters. The van der Waals surface area contributed by atoms with E-state index in [1.54, 1.807) is 0 Å². The molecule has 2 heteroatoms. The van der Waals surface area contributed by atoms with Gasteiger partial charge in [-0.05, 0) is 25.0 Å². The Morgan fingerprint density at radius 3 is 2.92 bits per heavy atom. The van der Waals surface area contributed by atoms with Crippen molar-refractivity contribution in [2.24, 2.45) is 0 Å². The summed E-state index contributed by atoms with van der Waals surface area (Å²) in [5.41, 5.74) is 2.58. The number of rotatable bonds is 3. The van der Waals surface area contributed by atoms with Crippen LogP contribution in [0.15, 0.2) is 23.4 Å². The van der Waals surface area contributed by atoms with Crippen LogP contribution in [0.3, 0.4) is 0 Å². The predicted octanol–water partition coefficient (Wildman–Crippen LogP) is 1.49. The van der Waals surface area contributed by atoms with Crippen molar-refractivity contribution in [1.29, 1.82) is 0 Å². The van der Waals surface area contributed by atoms with Gasteiger partial charge in [-0.25, -0.2) is 0 Å². The van der Waals surface area contributed by atoms with Gasteiger partial charge < -0.3 is 9.69 Å². The van der Waals surface area contributed by atoms with Gasteiger partial charge in [-0.1, -0.05) is 6.08 Å². The number of aldehydes is 1. The number of hydrogen-bond acceptors (Lipinski definition) is 2. The maximum absolute atomic E-state index is 10.3. The van der Waals surface area contributed by atoms with Crippen LogP contribution in [0, 0.1) is 0 Å². The summed E-state index contributed by atoms with van der Waals surface area (Å²) in [5.74, 6) is 0. The molecule has 0 radical (unpaired) electrons. The zero-order valence-corrected chi connectivity index (χ0v) is 7.45. The van der Waals surface area contributed by atoms with Gasteiger partial charge in [0, 0.05) is 18.7 Å². The van der Waals surface area contributed by atoms with Gasteiger partial charge in [0.2, 0.25) is 0 Å². The smallest absolute Gasteiger partial charge is 0.124 e. The molecule has 1 atom stereocenters. The maximum atomic E-state index is 10.3. The Bertz CT molecular complexity index is 276. The molecule has 0 aromatic heterocycles. The van der Waals surface area contributed by atoms with Gasteiger partial charge in [-0.3, -0.25) is 0 Å². The van der Waals surface area contributed by atoms with E-state index in [9.17, 15) is 4.79 Å². The topological polar surface area (TPSA) is 20.3 Å². The largest absolute Gasteiger partial charge is 0.364 e. The lowest BCUT2D eigenvalue weighted by atomic mass is 10.2. The van der Waals surface area contributed by atoms with E-state index < -0.39 is 0 Å². The van der Waals surface area contributed by atoms with Crippen LogP contribution in [0.2, 0.25) is 0 Å². The van der Waals surface area contributed by atoms with Crippen molar-refractivity contribution < 1.29 is 4.79 Å². The van der Waals surface area contributed by atoms with E-state index in [2.05, 4.69) is 31.0 Å². The minimum Gasteiger partial charge on any atom is -0.364 e. The second kappa shape index (κ2) is 2.47. The monoisotopic (exact) mass is 163 g/mol. The summed E-state index contributed by atoms with van der Waals surface area (Å²) < 4.78 is 0. The number of nitrogens with zero attached hydrogens (tertiary/aromatic N) is 1. The molecular weight excluding hydrogens is 150 g/mol. The Hall–Kier alpha value is -1.05. The lowest BCUT2D eigenvalue weighted by Crippen LogP contribution is -2.26. The van der Waals surface area contributed by atoms with Gasteiger partial charge in [0.05, 0.1) is 6.04 Å². The highest BCUT2D eigenvalue weighted by atomic mass is 16.1. The highest BCUT2D eigenvalue weighted by Gasteiger charge is 2.38. The van der Waals surface area contributed by atoms with E-state index in [0.29, 0.717) is 18.5 Å². The molecule has 2 nitrogen and oxygen atoms in total. The molecule has 12 heavy (non-hydrogen) atoms. The van der Waals surface area contributed by atoms with E-state index in [1.165, 1.54) is 11.1 Å². The van der Waals surface area contributed by atoms with Crippen molar-refractivity contribution in [3.8, 4) is 0 Å². The third kappa shape index (κ3) is 0.986. The van der Waals surface area contributed by atoms with E-state index >= 15 is 0 Å². The molecule has 0 spiro atoms. The van der Waals surface area contributed by atoms with Crippen molar-refractivity contribution in [1.82, 2.24) is 4.90 Å². The van der Waals surface area contributed by atoms with Crippen LogP contribution in [0.5, 0.6) is 0 Å². The van der Waals surface area contributed by atoms with Crippen molar-refractivity contribution >= 4 is 6.29 Å². The zero-order valence-electron chi connectivity index (χ0n) is 7.45. The van der Waals surface area contributed by atoms with Crippen LogP contribution in [-0.4, -0.2) is 23.3 Å². The average Bonchev–Trinajstić information content (AvgIpc) is 2.71. The van der Waals surface area contributed by atoms with Crippen LogP contribution >= 0.6 is 0 Å². The molecule has 64 valence electrons. The SMILES string of the molecule is CC(C)N1C=C(CC=O)C2=CC21. The summed E-state index contributed by atoms with van der Waals surface area (Å²) in [5, 5.41) is 0. The van der Waals surface area contributed by atoms with Crippen molar-refractivity contribution in [3.63, 3.8) is 0 Å². The van der Waals surface area contributed by atoms with Gasteiger partial charge in [0.25, 0.3) is 0 Å². The van der Waals surface area contributed by atoms with Crippen LogP contribution in [0.4, 0.5) is 0 Å². The van der Waals surface area contributed by atoms with Crippen molar-refractivity contribution in [2.75, 3.05) is 0 Å². The Morgan fingerprint density at radius 2 is 2.42 bits per heavy atom. The number of fused-ring (bicyclic) bond motifs is 1. The third-order valence-electron chi connectivity index (χ3n) is 2.44. The molecule has 1 heterocycles.